The molecule has 0 saturated heterocycles. The lowest BCUT2D eigenvalue weighted by molar-refractivity contribution is -0.123. The Balaban J connectivity index is 3.48. The van der Waals surface area contributed by atoms with Crippen LogP contribution >= 0.6 is 0 Å². The molecule has 0 saturated carbocycles. The third kappa shape index (κ3) is 41.0. The number of rotatable bonds is 41. The summed E-state index contributed by atoms with van der Waals surface area (Å²) in [4.78, 5) is 12.4. The third-order valence-corrected chi connectivity index (χ3v) is 10.2. The Labute approximate surface area is 336 Å². The summed E-state index contributed by atoms with van der Waals surface area (Å²) in [5.41, 5.74) is 0. The number of hydrogen-bond donors (Lipinski definition) is 3. The summed E-state index contributed by atoms with van der Waals surface area (Å²) in [6, 6.07) is -0.537. The minimum atomic E-state index is -0.659. The fraction of sp³-hybridized carbons (Fsp3) is 0.740. The molecule has 1 amide bonds. The highest BCUT2D eigenvalue weighted by Crippen LogP contribution is 2.15. The van der Waals surface area contributed by atoms with Crippen molar-refractivity contribution in [3.8, 4) is 0 Å². The van der Waals surface area contributed by atoms with Crippen LogP contribution in [0, 0.1) is 0 Å². The molecular formula is C50H89NO3. The lowest BCUT2D eigenvalue weighted by Crippen LogP contribution is -2.45. The minimum Gasteiger partial charge on any atom is -0.394 e. The van der Waals surface area contributed by atoms with Gasteiger partial charge < -0.3 is 15.5 Å². The first-order valence-electron chi connectivity index (χ1n) is 23.1. The second-order valence-electron chi connectivity index (χ2n) is 15.4. The molecule has 0 aliphatic rings. The lowest BCUT2D eigenvalue weighted by atomic mass is 10.0. The molecule has 0 aliphatic heterocycles. The van der Waals surface area contributed by atoms with E-state index in [1.165, 1.54) is 128 Å². The Morgan fingerprint density at radius 1 is 0.463 bits per heavy atom. The highest BCUT2D eigenvalue weighted by molar-refractivity contribution is 5.76. The van der Waals surface area contributed by atoms with E-state index in [0.29, 0.717) is 12.8 Å². The van der Waals surface area contributed by atoms with Gasteiger partial charge in [-0.2, -0.15) is 0 Å². The van der Waals surface area contributed by atoms with Crippen molar-refractivity contribution in [2.24, 2.45) is 0 Å². The van der Waals surface area contributed by atoms with Gasteiger partial charge in [0.2, 0.25) is 5.91 Å². The Morgan fingerprint density at radius 3 is 1.22 bits per heavy atom. The van der Waals surface area contributed by atoms with Gasteiger partial charge in [-0.3, -0.25) is 4.79 Å². The highest BCUT2D eigenvalue weighted by Gasteiger charge is 2.20. The molecule has 0 aliphatic carbocycles. The van der Waals surface area contributed by atoms with Gasteiger partial charge in [0.1, 0.15) is 0 Å². The Bertz CT molecular complexity index is 946. The van der Waals surface area contributed by atoms with E-state index in [9.17, 15) is 15.0 Å². The summed E-state index contributed by atoms with van der Waals surface area (Å²) in [6.45, 7) is 4.22. The second-order valence-corrected chi connectivity index (χ2v) is 15.4. The second kappa shape index (κ2) is 45.2. The van der Waals surface area contributed by atoms with Crippen molar-refractivity contribution >= 4 is 5.91 Å². The molecule has 4 heteroatoms. The van der Waals surface area contributed by atoms with Crippen molar-refractivity contribution in [2.75, 3.05) is 6.61 Å². The van der Waals surface area contributed by atoms with Gasteiger partial charge >= 0.3 is 0 Å². The molecule has 2 unspecified atom stereocenters. The summed E-state index contributed by atoms with van der Waals surface area (Å²) < 4.78 is 0. The van der Waals surface area contributed by atoms with Gasteiger partial charge in [0.25, 0.3) is 0 Å². The average molecular weight is 752 g/mol. The van der Waals surface area contributed by atoms with Crippen LogP contribution in [0.15, 0.2) is 72.9 Å². The predicted molar refractivity (Wildman–Crippen MR) is 239 cm³/mol. The van der Waals surface area contributed by atoms with Crippen LogP contribution in [-0.2, 0) is 4.79 Å². The van der Waals surface area contributed by atoms with Crippen LogP contribution in [0.25, 0.3) is 0 Å². The van der Waals surface area contributed by atoms with Gasteiger partial charge in [-0.25, -0.2) is 0 Å². The van der Waals surface area contributed by atoms with E-state index in [1.54, 1.807) is 0 Å². The van der Waals surface area contributed by atoms with Crippen LogP contribution in [0.3, 0.4) is 0 Å². The number of aliphatic hydroxyl groups is 2. The van der Waals surface area contributed by atoms with Gasteiger partial charge in [0, 0.05) is 6.42 Å². The van der Waals surface area contributed by atoms with E-state index in [4.69, 9.17) is 0 Å². The van der Waals surface area contributed by atoms with E-state index in [1.807, 2.05) is 0 Å². The van der Waals surface area contributed by atoms with Gasteiger partial charge in [0.05, 0.1) is 18.8 Å². The standard InChI is InChI=1S/C50H89NO3/c1-3-5-7-9-11-13-14-15-16-17-18-19-20-21-22-23-24-25-26-27-28-29-30-31-32-33-34-35-36-38-40-42-44-46-50(54)51-48(47-52)49(53)45-43-41-39-37-12-10-8-6-4-2/h5,7,11,13,15-16,18-19,21-22,24-25,48-49,52-53H,3-4,6,8-10,12,14,17,20,23,26-47H2,1-2H3,(H,51,54)/b7-5-,13-11-,16-15-,19-18-,22-21-,25-24-. The molecule has 4 nitrogen and oxygen atoms in total. The first-order chi connectivity index (χ1) is 26.7. The van der Waals surface area contributed by atoms with Gasteiger partial charge in [-0.05, 0) is 64.2 Å². The van der Waals surface area contributed by atoms with Crippen LogP contribution in [-0.4, -0.2) is 34.9 Å². The predicted octanol–water partition coefficient (Wildman–Crippen LogP) is 14.7. The Hall–Kier alpha value is -2.17. The summed E-state index contributed by atoms with van der Waals surface area (Å²) in [5, 5.41) is 23.0. The zero-order chi connectivity index (χ0) is 39.3. The van der Waals surface area contributed by atoms with E-state index < -0.39 is 12.1 Å². The fourth-order valence-electron chi connectivity index (χ4n) is 6.72. The number of nitrogens with one attached hydrogen (secondary N) is 1. The topological polar surface area (TPSA) is 69.6 Å². The molecule has 0 aromatic rings. The van der Waals surface area contributed by atoms with Crippen molar-refractivity contribution in [3.05, 3.63) is 72.9 Å². The molecule has 0 aromatic carbocycles. The Kier molecular flexibility index (Phi) is 43.4. The van der Waals surface area contributed by atoms with Crippen molar-refractivity contribution in [1.82, 2.24) is 5.32 Å². The molecule has 0 heterocycles. The number of unbranched alkanes of at least 4 members (excludes halogenated alkanes) is 22. The fourth-order valence-corrected chi connectivity index (χ4v) is 6.72. The molecule has 3 N–H and O–H groups in total. The summed E-state index contributed by atoms with van der Waals surface area (Å²) in [6.07, 6.45) is 64.3. The van der Waals surface area contributed by atoms with E-state index in [-0.39, 0.29) is 12.5 Å². The number of amides is 1. The van der Waals surface area contributed by atoms with Crippen LogP contribution in [0.4, 0.5) is 0 Å². The summed E-state index contributed by atoms with van der Waals surface area (Å²) >= 11 is 0. The average Bonchev–Trinajstić information content (AvgIpc) is 3.18. The van der Waals surface area contributed by atoms with Crippen molar-refractivity contribution in [3.63, 3.8) is 0 Å². The quantitative estimate of drug-likeness (QED) is 0.0430. The smallest absolute Gasteiger partial charge is 0.220 e. The highest BCUT2D eigenvalue weighted by atomic mass is 16.3. The van der Waals surface area contributed by atoms with Crippen LogP contribution in [0.1, 0.15) is 219 Å². The number of carbonyl (C=O) groups excluding carboxylic acids is 1. The number of aliphatic hydroxyl groups excluding tert-OH is 2. The zero-order valence-electron chi connectivity index (χ0n) is 35.7. The van der Waals surface area contributed by atoms with Gasteiger partial charge in [0.15, 0.2) is 0 Å². The normalized spacial score (nSPS) is 13.6. The number of allylic oxidation sites excluding steroid dienone is 12. The van der Waals surface area contributed by atoms with Crippen LogP contribution < -0.4 is 5.32 Å². The zero-order valence-corrected chi connectivity index (χ0v) is 35.7. The first kappa shape index (κ1) is 51.8. The lowest BCUT2D eigenvalue weighted by Gasteiger charge is -2.22. The van der Waals surface area contributed by atoms with Gasteiger partial charge in [-0.15, -0.1) is 0 Å². The van der Waals surface area contributed by atoms with Crippen LogP contribution in [0.5, 0.6) is 0 Å². The summed E-state index contributed by atoms with van der Waals surface area (Å²) in [7, 11) is 0. The SMILES string of the molecule is CC/C=C\C/C=C\C/C=C\C/C=C\C/C=C\C/C=C\CCCCCCCCCCCCCCCCC(=O)NC(CO)C(O)CCCCCCCCCCC. The maximum Gasteiger partial charge on any atom is 0.220 e. The molecule has 0 rings (SSSR count). The molecule has 312 valence electrons. The maximum absolute atomic E-state index is 12.4. The largest absolute Gasteiger partial charge is 0.394 e. The molecule has 0 fully saturated rings. The number of carbonyl (C=O) groups is 1. The molecule has 0 radical (unpaired) electrons. The summed E-state index contributed by atoms with van der Waals surface area (Å²) in [5.74, 6) is -0.0370. The molecule has 54 heavy (non-hydrogen) atoms. The maximum atomic E-state index is 12.4. The van der Waals surface area contributed by atoms with E-state index in [0.717, 1.165) is 64.2 Å². The van der Waals surface area contributed by atoms with Crippen molar-refractivity contribution in [2.45, 2.75) is 231 Å². The third-order valence-electron chi connectivity index (χ3n) is 10.2. The van der Waals surface area contributed by atoms with E-state index >= 15 is 0 Å². The molecule has 0 bridgehead atoms. The van der Waals surface area contributed by atoms with Crippen LogP contribution in [0.2, 0.25) is 0 Å². The monoisotopic (exact) mass is 752 g/mol. The first-order valence-corrected chi connectivity index (χ1v) is 23.1. The Morgan fingerprint density at radius 2 is 0.815 bits per heavy atom. The van der Waals surface area contributed by atoms with E-state index in [2.05, 4.69) is 92.1 Å². The van der Waals surface area contributed by atoms with Gasteiger partial charge in [-0.1, -0.05) is 222 Å². The van der Waals surface area contributed by atoms with Crippen molar-refractivity contribution < 1.29 is 15.0 Å². The molecule has 2 atom stereocenters. The molecule has 0 spiro atoms. The number of hydrogen-bond acceptors (Lipinski definition) is 3. The minimum absolute atomic E-state index is 0.0370. The molecule has 0 aromatic heterocycles. The van der Waals surface area contributed by atoms with Crippen molar-refractivity contribution in [1.29, 1.82) is 0 Å². The molecular weight excluding hydrogens is 663 g/mol.